The minimum atomic E-state index is 0.700. The second-order valence-electron chi connectivity index (χ2n) is 3.14. The molecule has 1 aromatic heterocycles. The van der Waals surface area contributed by atoms with Gasteiger partial charge in [0.2, 0.25) is 0 Å². The van der Waals surface area contributed by atoms with Crippen LogP contribution in [-0.2, 0) is 6.54 Å². The predicted molar refractivity (Wildman–Crippen MR) is 56.6 cm³/mol. The van der Waals surface area contributed by atoms with Gasteiger partial charge < -0.3 is 10.1 Å². The fourth-order valence-electron chi connectivity index (χ4n) is 1.19. The van der Waals surface area contributed by atoms with Crippen molar-refractivity contribution in [3.05, 3.63) is 12.4 Å². The Balaban J connectivity index is 2.22. The molecule has 0 aliphatic carbocycles. The number of hydrogen-bond donors (Lipinski definition) is 1. The first-order valence-corrected chi connectivity index (χ1v) is 5.22. The van der Waals surface area contributed by atoms with Crippen molar-refractivity contribution >= 4 is 0 Å². The molecule has 1 rings (SSSR count). The zero-order valence-corrected chi connectivity index (χ0v) is 8.99. The van der Waals surface area contributed by atoms with Crippen molar-refractivity contribution in [2.45, 2.75) is 26.8 Å². The molecule has 0 aromatic carbocycles. The van der Waals surface area contributed by atoms with E-state index >= 15 is 0 Å². The van der Waals surface area contributed by atoms with Crippen LogP contribution in [0.1, 0.15) is 20.3 Å². The van der Waals surface area contributed by atoms with Crippen molar-refractivity contribution in [1.82, 2.24) is 15.1 Å². The number of nitrogens with one attached hydrogen (secondary N) is 1. The van der Waals surface area contributed by atoms with E-state index in [9.17, 15) is 0 Å². The Bertz CT molecular complexity index is 247. The zero-order valence-electron chi connectivity index (χ0n) is 8.99. The van der Waals surface area contributed by atoms with E-state index in [2.05, 4.69) is 24.3 Å². The minimum absolute atomic E-state index is 0.700. The van der Waals surface area contributed by atoms with E-state index in [1.165, 1.54) is 0 Å². The summed E-state index contributed by atoms with van der Waals surface area (Å²) < 4.78 is 7.39. The molecule has 1 N–H and O–H groups in total. The van der Waals surface area contributed by atoms with Gasteiger partial charge in [-0.25, -0.2) is 0 Å². The van der Waals surface area contributed by atoms with E-state index in [0.717, 1.165) is 31.8 Å². The summed E-state index contributed by atoms with van der Waals surface area (Å²) in [6.45, 7) is 7.74. The summed E-state index contributed by atoms with van der Waals surface area (Å²) in [6.07, 6.45) is 4.80. The summed E-state index contributed by atoms with van der Waals surface area (Å²) in [6, 6.07) is 0. The number of likely N-dealkylation sites (N-methyl/N-ethyl adjacent to an activating group) is 1. The normalized spacial score (nSPS) is 10.4. The summed E-state index contributed by atoms with van der Waals surface area (Å²) in [4.78, 5) is 0. The SMILES string of the molecule is CCCn1cc(OCCNCC)cn1. The molecule has 0 radical (unpaired) electrons. The lowest BCUT2D eigenvalue weighted by atomic mass is 10.5. The van der Waals surface area contributed by atoms with Gasteiger partial charge in [0.15, 0.2) is 5.75 Å². The molecule has 4 nitrogen and oxygen atoms in total. The van der Waals surface area contributed by atoms with Gasteiger partial charge in [0.05, 0.1) is 12.4 Å². The summed E-state index contributed by atoms with van der Waals surface area (Å²) >= 11 is 0. The van der Waals surface area contributed by atoms with Crippen molar-refractivity contribution in [1.29, 1.82) is 0 Å². The summed E-state index contributed by atoms with van der Waals surface area (Å²) in [7, 11) is 0. The number of hydrogen-bond acceptors (Lipinski definition) is 3. The molecule has 0 atom stereocenters. The van der Waals surface area contributed by atoms with E-state index in [-0.39, 0.29) is 0 Å². The molecule has 0 bridgehead atoms. The highest BCUT2D eigenvalue weighted by Gasteiger charge is 1.97. The molecule has 0 spiro atoms. The van der Waals surface area contributed by atoms with Gasteiger partial charge in [-0.15, -0.1) is 0 Å². The summed E-state index contributed by atoms with van der Waals surface area (Å²) in [5.41, 5.74) is 0. The maximum Gasteiger partial charge on any atom is 0.157 e. The van der Waals surface area contributed by atoms with Crippen molar-refractivity contribution in [2.75, 3.05) is 19.7 Å². The van der Waals surface area contributed by atoms with E-state index in [4.69, 9.17) is 4.74 Å². The molecule has 0 fully saturated rings. The third-order valence-corrected chi connectivity index (χ3v) is 1.86. The molecular weight excluding hydrogens is 178 g/mol. The van der Waals surface area contributed by atoms with Crippen LogP contribution in [0.3, 0.4) is 0 Å². The van der Waals surface area contributed by atoms with Crippen LogP contribution in [0.4, 0.5) is 0 Å². The van der Waals surface area contributed by atoms with Gasteiger partial charge in [0.1, 0.15) is 6.61 Å². The fraction of sp³-hybridized carbons (Fsp3) is 0.700. The van der Waals surface area contributed by atoms with Crippen molar-refractivity contribution in [3.63, 3.8) is 0 Å². The molecule has 14 heavy (non-hydrogen) atoms. The van der Waals surface area contributed by atoms with Crippen LogP contribution in [0.5, 0.6) is 5.75 Å². The Hall–Kier alpha value is -1.03. The lowest BCUT2D eigenvalue weighted by Crippen LogP contribution is -2.20. The highest BCUT2D eigenvalue weighted by atomic mass is 16.5. The van der Waals surface area contributed by atoms with Gasteiger partial charge in [-0.3, -0.25) is 4.68 Å². The standard InChI is InChI=1S/C10H19N3O/c1-3-6-13-9-10(8-12-13)14-7-5-11-4-2/h8-9,11H,3-7H2,1-2H3. The molecule has 1 aromatic rings. The molecule has 0 aliphatic heterocycles. The lowest BCUT2D eigenvalue weighted by molar-refractivity contribution is 0.315. The average Bonchev–Trinajstić information content (AvgIpc) is 2.61. The molecule has 1 heterocycles. The zero-order chi connectivity index (χ0) is 10.2. The van der Waals surface area contributed by atoms with Gasteiger partial charge in [0, 0.05) is 13.1 Å². The van der Waals surface area contributed by atoms with Gasteiger partial charge >= 0.3 is 0 Å². The number of aryl methyl sites for hydroxylation is 1. The molecule has 0 unspecified atom stereocenters. The Morgan fingerprint density at radius 2 is 2.36 bits per heavy atom. The highest BCUT2D eigenvalue weighted by molar-refractivity contribution is 5.11. The van der Waals surface area contributed by atoms with Crippen molar-refractivity contribution in [3.8, 4) is 5.75 Å². The summed E-state index contributed by atoms with van der Waals surface area (Å²) in [5, 5.41) is 7.37. The fourth-order valence-corrected chi connectivity index (χ4v) is 1.19. The van der Waals surface area contributed by atoms with Gasteiger partial charge in [-0.05, 0) is 13.0 Å². The number of rotatable bonds is 7. The topological polar surface area (TPSA) is 39.1 Å². The quantitative estimate of drug-likeness (QED) is 0.669. The van der Waals surface area contributed by atoms with Gasteiger partial charge in [-0.1, -0.05) is 13.8 Å². The van der Waals surface area contributed by atoms with Crippen LogP contribution in [0, 0.1) is 0 Å². The molecule has 0 saturated carbocycles. The Morgan fingerprint density at radius 3 is 3.07 bits per heavy atom. The Morgan fingerprint density at radius 1 is 1.50 bits per heavy atom. The smallest absolute Gasteiger partial charge is 0.157 e. The molecule has 0 amide bonds. The monoisotopic (exact) mass is 197 g/mol. The van der Waals surface area contributed by atoms with Crippen LogP contribution in [0.15, 0.2) is 12.4 Å². The van der Waals surface area contributed by atoms with Crippen LogP contribution in [0.25, 0.3) is 0 Å². The van der Waals surface area contributed by atoms with E-state index < -0.39 is 0 Å². The first kappa shape index (κ1) is 11.0. The molecule has 4 heteroatoms. The number of nitrogens with zero attached hydrogens (tertiary/aromatic N) is 2. The second-order valence-corrected chi connectivity index (χ2v) is 3.14. The van der Waals surface area contributed by atoms with Crippen LogP contribution in [-0.4, -0.2) is 29.5 Å². The maximum absolute atomic E-state index is 5.49. The van der Waals surface area contributed by atoms with Crippen LogP contribution < -0.4 is 10.1 Å². The molecule has 0 saturated heterocycles. The number of ether oxygens (including phenoxy) is 1. The first-order chi connectivity index (χ1) is 6.86. The van der Waals surface area contributed by atoms with E-state index in [1.54, 1.807) is 6.20 Å². The van der Waals surface area contributed by atoms with Crippen molar-refractivity contribution < 1.29 is 4.74 Å². The Labute approximate surface area is 85.3 Å². The third-order valence-electron chi connectivity index (χ3n) is 1.86. The van der Waals surface area contributed by atoms with Crippen LogP contribution in [0.2, 0.25) is 0 Å². The van der Waals surface area contributed by atoms with Gasteiger partial charge in [-0.2, -0.15) is 5.10 Å². The second kappa shape index (κ2) is 6.43. The Kier molecular flexibility index (Phi) is 5.07. The van der Waals surface area contributed by atoms with Gasteiger partial charge in [0.25, 0.3) is 0 Å². The summed E-state index contributed by atoms with van der Waals surface area (Å²) in [5.74, 6) is 0.858. The molecular formula is C10H19N3O. The first-order valence-electron chi connectivity index (χ1n) is 5.22. The minimum Gasteiger partial charge on any atom is -0.489 e. The van der Waals surface area contributed by atoms with Crippen molar-refractivity contribution in [2.24, 2.45) is 0 Å². The highest BCUT2D eigenvalue weighted by Crippen LogP contribution is 2.07. The average molecular weight is 197 g/mol. The lowest BCUT2D eigenvalue weighted by Gasteiger charge is -2.02. The molecule has 80 valence electrons. The largest absolute Gasteiger partial charge is 0.489 e. The third kappa shape index (κ3) is 3.79. The van der Waals surface area contributed by atoms with E-state index in [0.29, 0.717) is 6.61 Å². The maximum atomic E-state index is 5.49. The van der Waals surface area contributed by atoms with Crippen LogP contribution >= 0.6 is 0 Å². The number of aromatic nitrogens is 2. The molecule has 0 aliphatic rings. The van der Waals surface area contributed by atoms with E-state index in [1.807, 2.05) is 10.9 Å². The predicted octanol–water partition coefficient (Wildman–Crippen LogP) is 1.28.